The Kier molecular flexibility index (Phi) is 3.23. The summed E-state index contributed by atoms with van der Waals surface area (Å²) in [5.41, 5.74) is 0.852. The van der Waals surface area contributed by atoms with Gasteiger partial charge in [0.2, 0.25) is 6.79 Å². The minimum absolute atomic E-state index is 0.102. The van der Waals surface area contributed by atoms with Crippen LogP contribution < -0.4 is 9.47 Å². The van der Waals surface area contributed by atoms with Crippen molar-refractivity contribution >= 4 is 5.91 Å². The standard InChI is InChI=1S/C16H15NO5/c18-16(17-5-7-19-8-6-17)14-4-3-12(22-14)11-1-2-13-15(9-11)21-10-20-13/h1-4,9H,5-8,10H2. The van der Waals surface area contributed by atoms with Gasteiger partial charge in [-0.05, 0) is 30.3 Å². The van der Waals surface area contributed by atoms with Gasteiger partial charge < -0.3 is 23.5 Å². The number of nitrogens with zero attached hydrogens (tertiary/aromatic N) is 1. The largest absolute Gasteiger partial charge is 0.454 e. The van der Waals surface area contributed by atoms with Crippen molar-refractivity contribution in [2.75, 3.05) is 33.1 Å². The maximum atomic E-state index is 12.4. The summed E-state index contributed by atoms with van der Waals surface area (Å²) in [6, 6.07) is 9.08. The monoisotopic (exact) mass is 301 g/mol. The molecule has 114 valence electrons. The van der Waals surface area contributed by atoms with Crippen LogP contribution in [0.2, 0.25) is 0 Å². The smallest absolute Gasteiger partial charge is 0.289 e. The highest BCUT2D eigenvalue weighted by molar-refractivity contribution is 5.92. The molecule has 1 fully saturated rings. The summed E-state index contributed by atoms with van der Waals surface area (Å²) in [6.07, 6.45) is 0. The van der Waals surface area contributed by atoms with Gasteiger partial charge in [-0.25, -0.2) is 0 Å². The second kappa shape index (κ2) is 5.38. The number of carbonyl (C=O) groups is 1. The van der Waals surface area contributed by atoms with E-state index in [2.05, 4.69) is 0 Å². The van der Waals surface area contributed by atoms with Crippen LogP contribution >= 0.6 is 0 Å². The van der Waals surface area contributed by atoms with E-state index in [1.54, 1.807) is 17.0 Å². The zero-order valence-corrected chi connectivity index (χ0v) is 11.9. The molecule has 0 radical (unpaired) electrons. The average Bonchev–Trinajstić information content (AvgIpc) is 3.23. The third-order valence-electron chi connectivity index (χ3n) is 3.77. The van der Waals surface area contributed by atoms with Gasteiger partial charge in [0.05, 0.1) is 13.2 Å². The lowest BCUT2D eigenvalue weighted by molar-refractivity contribution is 0.0283. The van der Waals surface area contributed by atoms with Gasteiger partial charge in [0.1, 0.15) is 5.76 Å². The summed E-state index contributed by atoms with van der Waals surface area (Å²) < 4.78 is 21.6. The van der Waals surface area contributed by atoms with Crippen LogP contribution in [0.4, 0.5) is 0 Å². The summed E-state index contributed by atoms with van der Waals surface area (Å²) in [4.78, 5) is 14.1. The topological polar surface area (TPSA) is 61.1 Å². The van der Waals surface area contributed by atoms with Crippen LogP contribution in [0.5, 0.6) is 11.5 Å². The molecule has 0 aliphatic carbocycles. The SMILES string of the molecule is O=C(c1ccc(-c2ccc3c(c2)OCO3)o1)N1CCOCC1. The second-order valence-corrected chi connectivity index (χ2v) is 5.14. The fraction of sp³-hybridized carbons (Fsp3) is 0.312. The van der Waals surface area contributed by atoms with E-state index in [9.17, 15) is 4.79 Å². The first kappa shape index (κ1) is 13.2. The molecule has 0 saturated carbocycles. The molecule has 1 aromatic carbocycles. The number of ether oxygens (including phenoxy) is 3. The van der Waals surface area contributed by atoms with E-state index in [0.29, 0.717) is 43.6 Å². The molecule has 1 amide bonds. The van der Waals surface area contributed by atoms with Crippen LogP contribution in [0.1, 0.15) is 10.6 Å². The lowest BCUT2D eigenvalue weighted by Crippen LogP contribution is -2.40. The van der Waals surface area contributed by atoms with E-state index in [1.165, 1.54) is 0 Å². The molecule has 0 atom stereocenters. The molecule has 22 heavy (non-hydrogen) atoms. The van der Waals surface area contributed by atoms with Crippen molar-refractivity contribution in [3.63, 3.8) is 0 Å². The number of morpholine rings is 1. The molecule has 2 aliphatic heterocycles. The number of fused-ring (bicyclic) bond motifs is 1. The quantitative estimate of drug-likeness (QED) is 0.850. The lowest BCUT2D eigenvalue weighted by atomic mass is 10.1. The summed E-state index contributed by atoms with van der Waals surface area (Å²) >= 11 is 0. The second-order valence-electron chi connectivity index (χ2n) is 5.14. The van der Waals surface area contributed by atoms with Crippen molar-refractivity contribution in [3.05, 3.63) is 36.1 Å². The molecule has 1 aromatic heterocycles. The highest BCUT2D eigenvalue weighted by Crippen LogP contribution is 2.36. The number of furan rings is 1. The molecule has 0 unspecified atom stereocenters. The first-order chi connectivity index (χ1) is 10.8. The first-order valence-corrected chi connectivity index (χ1v) is 7.18. The van der Waals surface area contributed by atoms with Crippen LogP contribution in [-0.4, -0.2) is 43.9 Å². The Balaban J connectivity index is 1.57. The Bertz CT molecular complexity index is 702. The predicted octanol–water partition coefficient (Wildman–Crippen LogP) is 2.15. The molecular formula is C16H15NO5. The van der Waals surface area contributed by atoms with Gasteiger partial charge in [-0.15, -0.1) is 0 Å². The van der Waals surface area contributed by atoms with Gasteiger partial charge >= 0.3 is 0 Å². The number of hydrogen-bond acceptors (Lipinski definition) is 5. The lowest BCUT2D eigenvalue weighted by Gasteiger charge is -2.25. The third-order valence-corrected chi connectivity index (χ3v) is 3.77. The summed E-state index contributed by atoms with van der Waals surface area (Å²) in [5.74, 6) is 2.29. The molecule has 0 bridgehead atoms. The fourth-order valence-corrected chi connectivity index (χ4v) is 2.58. The molecule has 6 nitrogen and oxygen atoms in total. The van der Waals surface area contributed by atoms with Crippen LogP contribution in [0.3, 0.4) is 0 Å². The normalized spacial score (nSPS) is 16.8. The molecule has 6 heteroatoms. The maximum absolute atomic E-state index is 12.4. The van der Waals surface area contributed by atoms with Gasteiger partial charge in [-0.2, -0.15) is 0 Å². The summed E-state index contributed by atoms with van der Waals surface area (Å²) in [5, 5.41) is 0. The number of carbonyl (C=O) groups excluding carboxylic acids is 1. The molecule has 0 spiro atoms. The van der Waals surface area contributed by atoms with Crippen molar-refractivity contribution in [2.24, 2.45) is 0 Å². The Morgan fingerprint density at radius 3 is 2.68 bits per heavy atom. The predicted molar refractivity (Wildman–Crippen MR) is 77.0 cm³/mol. The van der Waals surface area contributed by atoms with Crippen LogP contribution in [0, 0.1) is 0 Å². The molecule has 2 aliphatic rings. The summed E-state index contributed by atoms with van der Waals surface area (Å²) in [7, 11) is 0. The van der Waals surface area contributed by atoms with E-state index in [1.807, 2.05) is 18.2 Å². The fourth-order valence-electron chi connectivity index (χ4n) is 2.58. The highest BCUT2D eigenvalue weighted by Gasteiger charge is 2.22. The van der Waals surface area contributed by atoms with Gasteiger partial charge in [0.15, 0.2) is 17.3 Å². The van der Waals surface area contributed by atoms with Gasteiger partial charge in [0.25, 0.3) is 5.91 Å². The molecular weight excluding hydrogens is 286 g/mol. The van der Waals surface area contributed by atoms with Crippen molar-refractivity contribution in [1.29, 1.82) is 0 Å². The van der Waals surface area contributed by atoms with E-state index >= 15 is 0 Å². The number of benzene rings is 1. The number of amides is 1. The Hall–Kier alpha value is -2.47. The van der Waals surface area contributed by atoms with Gasteiger partial charge in [-0.1, -0.05) is 0 Å². The van der Waals surface area contributed by atoms with Crippen molar-refractivity contribution in [1.82, 2.24) is 4.90 Å². The van der Waals surface area contributed by atoms with Gasteiger partial charge in [-0.3, -0.25) is 4.79 Å². The van der Waals surface area contributed by atoms with Crippen LogP contribution in [0.15, 0.2) is 34.7 Å². The van der Waals surface area contributed by atoms with E-state index < -0.39 is 0 Å². The zero-order valence-electron chi connectivity index (χ0n) is 11.9. The van der Waals surface area contributed by atoms with E-state index in [0.717, 1.165) is 11.3 Å². The zero-order chi connectivity index (χ0) is 14.9. The van der Waals surface area contributed by atoms with E-state index in [-0.39, 0.29) is 12.7 Å². The number of rotatable bonds is 2. The minimum atomic E-state index is -0.102. The molecule has 1 saturated heterocycles. The minimum Gasteiger partial charge on any atom is -0.454 e. The maximum Gasteiger partial charge on any atom is 0.289 e. The highest BCUT2D eigenvalue weighted by atomic mass is 16.7. The number of hydrogen-bond donors (Lipinski definition) is 0. The van der Waals surface area contributed by atoms with Crippen molar-refractivity contribution in [2.45, 2.75) is 0 Å². The Morgan fingerprint density at radius 2 is 1.82 bits per heavy atom. The van der Waals surface area contributed by atoms with Gasteiger partial charge in [0, 0.05) is 18.7 Å². The first-order valence-electron chi connectivity index (χ1n) is 7.18. The molecule has 0 N–H and O–H groups in total. The Morgan fingerprint density at radius 1 is 1.00 bits per heavy atom. The average molecular weight is 301 g/mol. The Labute approximate surface area is 127 Å². The van der Waals surface area contributed by atoms with Crippen molar-refractivity contribution < 1.29 is 23.4 Å². The van der Waals surface area contributed by atoms with E-state index in [4.69, 9.17) is 18.6 Å². The molecule has 3 heterocycles. The van der Waals surface area contributed by atoms with Crippen LogP contribution in [0.25, 0.3) is 11.3 Å². The summed E-state index contributed by atoms with van der Waals surface area (Å²) in [6.45, 7) is 2.57. The molecule has 2 aromatic rings. The van der Waals surface area contributed by atoms with Crippen molar-refractivity contribution in [3.8, 4) is 22.8 Å². The third kappa shape index (κ3) is 2.31. The molecule has 4 rings (SSSR count). The van der Waals surface area contributed by atoms with Crippen LogP contribution in [-0.2, 0) is 4.74 Å².